The van der Waals surface area contributed by atoms with Crippen LogP contribution in [0.3, 0.4) is 0 Å². The highest BCUT2D eigenvalue weighted by atomic mass is 16.6. The minimum atomic E-state index is -1.10. The van der Waals surface area contributed by atoms with Crippen molar-refractivity contribution in [3.8, 4) is 5.75 Å². The van der Waals surface area contributed by atoms with Crippen LogP contribution in [0.2, 0.25) is 0 Å². The molecule has 36 heavy (non-hydrogen) atoms. The quantitative estimate of drug-likeness (QED) is 0.280. The van der Waals surface area contributed by atoms with Crippen LogP contribution in [0.1, 0.15) is 46.6 Å². The number of likely N-dealkylation sites (N-methyl/N-ethyl adjacent to an activating group) is 1. The molecule has 0 aliphatic carbocycles. The van der Waals surface area contributed by atoms with Crippen LogP contribution in [0, 0.1) is 5.92 Å². The topological polar surface area (TPSA) is 161 Å². The molecule has 0 aromatic heterocycles. The number of nitrogens with two attached hydrogens (primary N) is 1. The average molecular weight is 508 g/mol. The van der Waals surface area contributed by atoms with Crippen molar-refractivity contribution in [2.24, 2.45) is 11.7 Å². The Morgan fingerprint density at radius 2 is 1.53 bits per heavy atom. The van der Waals surface area contributed by atoms with Crippen molar-refractivity contribution in [1.29, 1.82) is 0 Å². The van der Waals surface area contributed by atoms with E-state index in [0.29, 0.717) is 12.2 Å². The molecule has 11 nitrogen and oxygen atoms in total. The van der Waals surface area contributed by atoms with Crippen molar-refractivity contribution in [1.82, 2.24) is 21.3 Å². The molecule has 0 bridgehead atoms. The summed E-state index contributed by atoms with van der Waals surface area (Å²) >= 11 is 0. The molecule has 0 saturated carbocycles. The monoisotopic (exact) mass is 507 g/mol. The molecular formula is C25H41N5O6. The predicted molar refractivity (Wildman–Crippen MR) is 136 cm³/mol. The second-order valence-corrected chi connectivity index (χ2v) is 9.91. The van der Waals surface area contributed by atoms with E-state index >= 15 is 0 Å². The van der Waals surface area contributed by atoms with Gasteiger partial charge in [0, 0.05) is 20.0 Å². The van der Waals surface area contributed by atoms with Gasteiger partial charge in [-0.3, -0.25) is 14.4 Å². The SMILES string of the molecule is CNC(=O)[C@H](Cc1ccc(OC)cc1)NC(=O)[C@H](CC(C)C)NC(=O)C(N)CNC(=O)OC(C)(C)C. The number of alkyl carbamates (subject to hydrolysis) is 1. The fourth-order valence-electron chi connectivity index (χ4n) is 3.23. The summed E-state index contributed by atoms with van der Waals surface area (Å²) in [6.07, 6.45) is -0.127. The lowest BCUT2D eigenvalue weighted by Crippen LogP contribution is -2.57. The third-order valence-corrected chi connectivity index (χ3v) is 5.02. The minimum Gasteiger partial charge on any atom is -0.497 e. The Labute approximate surface area is 213 Å². The molecule has 202 valence electrons. The van der Waals surface area contributed by atoms with E-state index in [4.69, 9.17) is 15.2 Å². The maximum Gasteiger partial charge on any atom is 0.407 e. The predicted octanol–water partition coefficient (Wildman–Crippen LogP) is 0.851. The van der Waals surface area contributed by atoms with E-state index in [1.165, 1.54) is 7.05 Å². The van der Waals surface area contributed by atoms with E-state index in [-0.39, 0.29) is 24.8 Å². The Hall–Kier alpha value is -3.34. The molecule has 0 saturated heterocycles. The van der Waals surface area contributed by atoms with Gasteiger partial charge >= 0.3 is 6.09 Å². The molecular weight excluding hydrogens is 466 g/mol. The first-order valence-electron chi connectivity index (χ1n) is 11.9. The zero-order chi connectivity index (χ0) is 27.5. The number of ether oxygens (including phenoxy) is 2. The molecule has 6 N–H and O–H groups in total. The maximum absolute atomic E-state index is 13.1. The highest BCUT2D eigenvalue weighted by Crippen LogP contribution is 2.13. The molecule has 0 spiro atoms. The van der Waals surface area contributed by atoms with E-state index in [2.05, 4.69) is 21.3 Å². The molecule has 0 aliphatic rings. The van der Waals surface area contributed by atoms with Gasteiger partial charge in [-0.25, -0.2) is 4.79 Å². The van der Waals surface area contributed by atoms with Crippen molar-refractivity contribution in [2.75, 3.05) is 20.7 Å². The van der Waals surface area contributed by atoms with Crippen LogP contribution in [-0.2, 0) is 25.5 Å². The summed E-state index contributed by atoms with van der Waals surface area (Å²) in [5, 5.41) is 10.4. The van der Waals surface area contributed by atoms with Crippen LogP contribution in [0.4, 0.5) is 4.79 Å². The van der Waals surface area contributed by atoms with Gasteiger partial charge in [0.05, 0.1) is 7.11 Å². The van der Waals surface area contributed by atoms with Gasteiger partial charge in [0.1, 0.15) is 29.5 Å². The van der Waals surface area contributed by atoms with Crippen molar-refractivity contribution in [2.45, 2.75) is 71.2 Å². The highest BCUT2D eigenvalue weighted by molar-refractivity contribution is 5.93. The Kier molecular flexibility index (Phi) is 12.2. The summed E-state index contributed by atoms with van der Waals surface area (Å²) in [5.41, 5.74) is 6.05. The number of amides is 4. The molecule has 1 aromatic rings. The van der Waals surface area contributed by atoms with Crippen LogP contribution in [0.15, 0.2) is 24.3 Å². The van der Waals surface area contributed by atoms with Gasteiger partial charge in [-0.2, -0.15) is 0 Å². The lowest BCUT2D eigenvalue weighted by atomic mass is 10.0. The molecule has 4 amide bonds. The van der Waals surface area contributed by atoms with Gasteiger partial charge < -0.3 is 36.5 Å². The summed E-state index contributed by atoms with van der Waals surface area (Å²) in [4.78, 5) is 50.1. The molecule has 0 aliphatic heterocycles. The summed E-state index contributed by atoms with van der Waals surface area (Å²) in [7, 11) is 3.05. The van der Waals surface area contributed by atoms with Gasteiger partial charge in [-0.15, -0.1) is 0 Å². The largest absolute Gasteiger partial charge is 0.497 e. The van der Waals surface area contributed by atoms with Crippen LogP contribution >= 0.6 is 0 Å². The number of benzene rings is 1. The van der Waals surface area contributed by atoms with E-state index in [9.17, 15) is 19.2 Å². The minimum absolute atomic E-state index is 0.0669. The first-order chi connectivity index (χ1) is 16.7. The van der Waals surface area contributed by atoms with Crippen molar-refractivity contribution in [3.05, 3.63) is 29.8 Å². The third-order valence-electron chi connectivity index (χ3n) is 5.02. The zero-order valence-electron chi connectivity index (χ0n) is 22.3. The standard InChI is InChI=1S/C25H41N5O6/c1-15(2)12-19(29-21(31)18(26)14-28-24(34)36-25(3,4)5)23(33)30-20(22(32)27-6)13-16-8-10-17(35-7)11-9-16/h8-11,15,18-20H,12-14,26H2,1-7H3,(H,27,32)(H,28,34)(H,29,31)(H,30,33)/t18?,19-,20-/m0/s1. The Balaban J connectivity index is 2.85. The smallest absolute Gasteiger partial charge is 0.407 e. The first-order valence-corrected chi connectivity index (χ1v) is 11.9. The zero-order valence-corrected chi connectivity index (χ0v) is 22.3. The van der Waals surface area contributed by atoms with Crippen LogP contribution in [0.5, 0.6) is 5.75 Å². The van der Waals surface area contributed by atoms with Crippen molar-refractivity contribution in [3.63, 3.8) is 0 Å². The number of nitrogens with one attached hydrogen (secondary N) is 4. The van der Waals surface area contributed by atoms with Gasteiger partial charge in [-0.1, -0.05) is 26.0 Å². The number of carbonyl (C=O) groups excluding carboxylic acids is 4. The molecule has 0 fully saturated rings. The molecule has 1 unspecified atom stereocenters. The van der Waals surface area contributed by atoms with E-state index in [0.717, 1.165) is 5.56 Å². The lowest BCUT2D eigenvalue weighted by molar-refractivity contribution is -0.132. The molecule has 3 atom stereocenters. The second kappa shape index (κ2) is 14.3. The number of rotatable bonds is 12. The molecule has 0 heterocycles. The number of hydrogen-bond acceptors (Lipinski definition) is 7. The van der Waals surface area contributed by atoms with Gasteiger partial charge in [-0.05, 0) is 50.8 Å². The Morgan fingerprint density at radius 1 is 0.944 bits per heavy atom. The van der Waals surface area contributed by atoms with Gasteiger partial charge in [0.25, 0.3) is 0 Å². The van der Waals surface area contributed by atoms with Crippen molar-refractivity contribution < 1.29 is 28.7 Å². The Bertz CT molecular complexity index is 882. The van der Waals surface area contributed by atoms with Gasteiger partial charge in [0.2, 0.25) is 17.7 Å². The summed E-state index contributed by atoms with van der Waals surface area (Å²) < 4.78 is 10.3. The van der Waals surface area contributed by atoms with Crippen LogP contribution < -0.4 is 31.7 Å². The molecule has 11 heteroatoms. The molecule has 1 aromatic carbocycles. The van der Waals surface area contributed by atoms with Crippen molar-refractivity contribution >= 4 is 23.8 Å². The third kappa shape index (κ3) is 11.4. The number of hydrogen-bond donors (Lipinski definition) is 5. The van der Waals surface area contributed by atoms with E-state index in [1.807, 2.05) is 26.0 Å². The second-order valence-electron chi connectivity index (χ2n) is 9.91. The average Bonchev–Trinajstić information content (AvgIpc) is 2.80. The summed E-state index contributed by atoms with van der Waals surface area (Å²) in [6, 6.07) is 4.28. The maximum atomic E-state index is 13.1. The fraction of sp³-hybridized carbons (Fsp3) is 0.600. The van der Waals surface area contributed by atoms with Crippen LogP contribution in [0.25, 0.3) is 0 Å². The number of methoxy groups -OCH3 is 1. The molecule has 0 radical (unpaired) electrons. The Morgan fingerprint density at radius 3 is 2.03 bits per heavy atom. The fourth-order valence-corrected chi connectivity index (χ4v) is 3.23. The number of carbonyl (C=O) groups is 4. The first kappa shape index (κ1) is 30.7. The van der Waals surface area contributed by atoms with E-state index in [1.54, 1.807) is 40.0 Å². The summed E-state index contributed by atoms with van der Waals surface area (Å²) in [6.45, 7) is 8.79. The molecule has 1 rings (SSSR count). The van der Waals surface area contributed by atoms with Gasteiger partial charge in [0.15, 0.2) is 0 Å². The lowest BCUT2D eigenvalue weighted by Gasteiger charge is -2.25. The van der Waals surface area contributed by atoms with Crippen LogP contribution in [-0.4, -0.2) is 68.2 Å². The summed E-state index contributed by atoms with van der Waals surface area (Å²) in [5.74, 6) is -0.745. The van der Waals surface area contributed by atoms with E-state index < -0.39 is 41.6 Å². The highest BCUT2D eigenvalue weighted by Gasteiger charge is 2.29. The normalized spacial score (nSPS) is 13.7.